The zero-order valence-electron chi connectivity index (χ0n) is 9.35. The number of rotatable bonds is 4. The van der Waals surface area contributed by atoms with Gasteiger partial charge in [-0.15, -0.1) is 0 Å². The molecule has 0 atom stereocenters. The Morgan fingerprint density at radius 1 is 1.21 bits per heavy atom. The van der Waals surface area contributed by atoms with E-state index in [0.29, 0.717) is 11.8 Å². The van der Waals surface area contributed by atoms with Crippen LogP contribution in [0.1, 0.15) is 58.3 Å². The highest BCUT2D eigenvalue weighted by Gasteiger charge is 2.18. The molecule has 0 saturated heterocycles. The normalized spacial score (nSPS) is 18.9. The summed E-state index contributed by atoms with van der Waals surface area (Å²) < 4.78 is 0. The summed E-state index contributed by atoms with van der Waals surface area (Å²) >= 11 is 0. The number of carbonyl (C=O) groups excluding carboxylic acids is 1. The van der Waals surface area contributed by atoms with Gasteiger partial charge in [0.25, 0.3) is 0 Å². The van der Waals surface area contributed by atoms with Gasteiger partial charge >= 0.3 is 0 Å². The third kappa shape index (κ3) is 4.12. The Morgan fingerprint density at radius 2 is 1.86 bits per heavy atom. The fourth-order valence-electron chi connectivity index (χ4n) is 2.07. The SMILES string of the molecule is CCCCNC(=O)C1CCCCCC1. The summed E-state index contributed by atoms with van der Waals surface area (Å²) in [4.78, 5) is 11.7. The van der Waals surface area contributed by atoms with Crippen LogP contribution in [0.25, 0.3) is 0 Å². The molecular weight excluding hydrogens is 174 g/mol. The van der Waals surface area contributed by atoms with Crippen LogP contribution in [-0.2, 0) is 4.79 Å². The van der Waals surface area contributed by atoms with Gasteiger partial charge in [0.2, 0.25) is 5.91 Å². The van der Waals surface area contributed by atoms with Gasteiger partial charge in [0.1, 0.15) is 0 Å². The van der Waals surface area contributed by atoms with E-state index < -0.39 is 0 Å². The van der Waals surface area contributed by atoms with Crippen molar-refractivity contribution in [1.82, 2.24) is 5.32 Å². The minimum Gasteiger partial charge on any atom is -0.356 e. The summed E-state index contributed by atoms with van der Waals surface area (Å²) in [5, 5.41) is 3.04. The lowest BCUT2D eigenvalue weighted by atomic mass is 9.99. The van der Waals surface area contributed by atoms with Crippen LogP contribution in [0.3, 0.4) is 0 Å². The molecule has 0 bridgehead atoms. The smallest absolute Gasteiger partial charge is 0.223 e. The van der Waals surface area contributed by atoms with E-state index >= 15 is 0 Å². The van der Waals surface area contributed by atoms with E-state index in [-0.39, 0.29) is 0 Å². The van der Waals surface area contributed by atoms with Crippen molar-refractivity contribution in [1.29, 1.82) is 0 Å². The van der Waals surface area contributed by atoms with Gasteiger partial charge in [-0.25, -0.2) is 0 Å². The van der Waals surface area contributed by atoms with E-state index in [1.807, 2.05) is 0 Å². The van der Waals surface area contributed by atoms with E-state index in [0.717, 1.165) is 32.2 Å². The molecule has 14 heavy (non-hydrogen) atoms. The molecule has 1 amide bonds. The van der Waals surface area contributed by atoms with Gasteiger partial charge in [-0.2, -0.15) is 0 Å². The van der Waals surface area contributed by atoms with Crippen molar-refractivity contribution in [2.45, 2.75) is 58.3 Å². The first-order valence-corrected chi connectivity index (χ1v) is 6.12. The lowest BCUT2D eigenvalue weighted by Gasteiger charge is -2.13. The maximum Gasteiger partial charge on any atom is 0.223 e. The van der Waals surface area contributed by atoms with E-state index in [9.17, 15) is 4.79 Å². The van der Waals surface area contributed by atoms with E-state index in [4.69, 9.17) is 0 Å². The van der Waals surface area contributed by atoms with Crippen LogP contribution in [0.2, 0.25) is 0 Å². The van der Waals surface area contributed by atoms with Crippen LogP contribution in [0, 0.1) is 5.92 Å². The Morgan fingerprint density at radius 3 is 2.43 bits per heavy atom. The van der Waals surface area contributed by atoms with Gasteiger partial charge < -0.3 is 5.32 Å². The Bertz CT molecular complexity index is 160. The van der Waals surface area contributed by atoms with E-state index in [2.05, 4.69) is 12.2 Å². The second-order valence-corrected chi connectivity index (χ2v) is 4.33. The summed E-state index contributed by atoms with van der Waals surface area (Å²) in [6, 6.07) is 0. The quantitative estimate of drug-likeness (QED) is 0.545. The number of nitrogens with one attached hydrogen (secondary N) is 1. The number of hydrogen-bond acceptors (Lipinski definition) is 1. The number of carbonyl (C=O) groups is 1. The van der Waals surface area contributed by atoms with Crippen molar-refractivity contribution >= 4 is 5.91 Å². The fraction of sp³-hybridized carbons (Fsp3) is 0.917. The van der Waals surface area contributed by atoms with Crippen LogP contribution in [-0.4, -0.2) is 12.5 Å². The Balaban J connectivity index is 2.20. The zero-order valence-corrected chi connectivity index (χ0v) is 9.35. The maximum absolute atomic E-state index is 11.7. The largest absolute Gasteiger partial charge is 0.356 e. The highest BCUT2D eigenvalue weighted by molar-refractivity contribution is 5.78. The summed E-state index contributed by atoms with van der Waals surface area (Å²) in [6.45, 7) is 3.02. The molecule has 0 heterocycles. The molecule has 2 nitrogen and oxygen atoms in total. The third-order valence-corrected chi connectivity index (χ3v) is 3.06. The Kier molecular flexibility index (Phi) is 5.65. The molecule has 0 unspecified atom stereocenters. The van der Waals surface area contributed by atoms with Gasteiger partial charge in [0, 0.05) is 12.5 Å². The monoisotopic (exact) mass is 197 g/mol. The average molecular weight is 197 g/mol. The molecule has 0 aromatic rings. The van der Waals surface area contributed by atoms with Gasteiger partial charge in [-0.1, -0.05) is 39.0 Å². The predicted molar refractivity (Wildman–Crippen MR) is 59.1 cm³/mol. The maximum atomic E-state index is 11.7. The van der Waals surface area contributed by atoms with Crippen molar-refractivity contribution in [3.63, 3.8) is 0 Å². The van der Waals surface area contributed by atoms with E-state index in [1.165, 1.54) is 25.7 Å². The first kappa shape index (κ1) is 11.5. The molecule has 0 radical (unpaired) electrons. The molecule has 1 N–H and O–H groups in total. The molecule has 1 fully saturated rings. The fourth-order valence-corrected chi connectivity index (χ4v) is 2.07. The Labute approximate surface area is 87.5 Å². The van der Waals surface area contributed by atoms with Gasteiger partial charge in [-0.3, -0.25) is 4.79 Å². The van der Waals surface area contributed by atoms with Crippen LogP contribution in [0.5, 0.6) is 0 Å². The van der Waals surface area contributed by atoms with Gasteiger partial charge in [0.05, 0.1) is 0 Å². The highest BCUT2D eigenvalue weighted by Crippen LogP contribution is 2.22. The highest BCUT2D eigenvalue weighted by atomic mass is 16.1. The van der Waals surface area contributed by atoms with Crippen LogP contribution in [0.15, 0.2) is 0 Å². The van der Waals surface area contributed by atoms with Crippen molar-refractivity contribution in [3.05, 3.63) is 0 Å². The molecule has 1 rings (SSSR count). The molecule has 1 aliphatic carbocycles. The second kappa shape index (κ2) is 6.86. The summed E-state index contributed by atoms with van der Waals surface area (Å²) in [5.41, 5.74) is 0. The minimum absolute atomic E-state index is 0.306. The van der Waals surface area contributed by atoms with Crippen molar-refractivity contribution in [3.8, 4) is 0 Å². The molecule has 0 aromatic carbocycles. The first-order chi connectivity index (χ1) is 6.84. The minimum atomic E-state index is 0.306. The number of hydrogen-bond donors (Lipinski definition) is 1. The van der Waals surface area contributed by atoms with Crippen LogP contribution < -0.4 is 5.32 Å². The van der Waals surface area contributed by atoms with Crippen LogP contribution in [0.4, 0.5) is 0 Å². The molecule has 1 aliphatic rings. The van der Waals surface area contributed by atoms with Gasteiger partial charge in [0.15, 0.2) is 0 Å². The molecular formula is C12H23NO. The zero-order chi connectivity index (χ0) is 10.2. The van der Waals surface area contributed by atoms with Crippen molar-refractivity contribution in [2.75, 3.05) is 6.54 Å². The van der Waals surface area contributed by atoms with Crippen LogP contribution >= 0.6 is 0 Å². The molecule has 2 heteroatoms. The second-order valence-electron chi connectivity index (χ2n) is 4.33. The predicted octanol–water partition coefficient (Wildman–Crippen LogP) is 2.87. The summed E-state index contributed by atoms with van der Waals surface area (Å²) in [7, 11) is 0. The average Bonchev–Trinajstić information content (AvgIpc) is 2.46. The molecule has 82 valence electrons. The standard InChI is InChI=1S/C12H23NO/c1-2-3-10-13-12(14)11-8-6-4-5-7-9-11/h11H,2-10H2,1H3,(H,13,14). The lowest BCUT2D eigenvalue weighted by Crippen LogP contribution is -2.31. The topological polar surface area (TPSA) is 29.1 Å². The van der Waals surface area contributed by atoms with Crippen molar-refractivity contribution < 1.29 is 4.79 Å². The summed E-state index contributed by atoms with van der Waals surface area (Å²) in [6.07, 6.45) is 9.61. The number of amides is 1. The first-order valence-electron chi connectivity index (χ1n) is 6.12. The van der Waals surface area contributed by atoms with E-state index in [1.54, 1.807) is 0 Å². The summed E-state index contributed by atoms with van der Waals surface area (Å²) in [5.74, 6) is 0.620. The molecule has 0 spiro atoms. The third-order valence-electron chi connectivity index (χ3n) is 3.06. The Hall–Kier alpha value is -0.530. The molecule has 1 saturated carbocycles. The molecule has 0 aromatic heterocycles. The number of unbranched alkanes of at least 4 members (excludes halogenated alkanes) is 1. The van der Waals surface area contributed by atoms with Gasteiger partial charge in [-0.05, 0) is 19.3 Å². The van der Waals surface area contributed by atoms with Crippen molar-refractivity contribution in [2.24, 2.45) is 5.92 Å². The molecule has 0 aliphatic heterocycles. The lowest BCUT2D eigenvalue weighted by molar-refractivity contribution is -0.125.